The SMILES string of the molecule is CC(C)(C)OC(=O)N1CCCC1C(=O)NC1=CC(C)(C)Oc2ccc(C#N)cc21. The highest BCUT2D eigenvalue weighted by molar-refractivity contribution is 5.94. The molecule has 0 aliphatic carbocycles. The van der Waals surface area contributed by atoms with E-state index in [2.05, 4.69) is 11.4 Å². The third-order valence-corrected chi connectivity index (χ3v) is 4.71. The van der Waals surface area contributed by atoms with Crippen LogP contribution in [0.25, 0.3) is 5.70 Å². The Morgan fingerprint density at radius 1 is 1.34 bits per heavy atom. The van der Waals surface area contributed by atoms with Crippen LogP contribution in [-0.2, 0) is 9.53 Å². The Labute approximate surface area is 171 Å². The van der Waals surface area contributed by atoms with Gasteiger partial charge in [-0.1, -0.05) is 0 Å². The Balaban J connectivity index is 1.83. The maximum Gasteiger partial charge on any atom is 0.410 e. The molecule has 2 amide bonds. The molecule has 0 saturated carbocycles. The van der Waals surface area contributed by atoms with Gasteiger partial charge in [-0.15, -0.1) is 0 Å². The number of likely N-dealkylation sites (tertiary alicyclic amines) is 1. The van der Waals surface area contributed by atoms with Gasteiger partial charge in [-0.05, 0) is 71.7 Å². The summed E-state index contributed by atoms with van der Waals surface area (Å²) in [5.41, 5.74) is 0.460. The van der Waals surface area contributed by atoms with Crippen LogP contribution in [0.2, 0.25) is 0 Å². The molecule has 1 aromatic rings. The maximum atomic E-state index is 13.1. The number of amides is 2. The van der Waals surface area contributed by atoms with Gasteiger partial charge >= 0.3 is 6.09 Å². The molecule has 0 radical (unpaired) electrons. The number of rotatable bonds is 2. The predicted molar refractivity (Wildman–Crippen MR) is 108 cm³/mol. The highest BCUT2D eigenvalue weighted by atomic mass is 16.6. The summed E-state index contributed by atoms with van der Waals surface area (Å²) in [6.45, 7) is 9.67. The van der Waals surface area contributed by atoms with Crippen molar-refractivity contribution in [3.8, 4) is 11.8 Å². The smallest absolute Gasteiger partial charge is 0.410 e. The molecule has 0 aromatic heterocycles. The van der Waals surface area contributed by atoms with Gasteiger partial charge in [0.05, 0.1) is 17.3 Å². The molecule has 1 saturated heterocycles. The molecule has 1 unspecified atom stereocenters. The zero-order valence-corrected chi connectivity index (χ0v) is 17.5. The van der Waals surface area contributed by atoms with Gasteiger partial charge < -0.3 is 14.8 Å². The van der Waals surface area contributed by atoms with Crippen LogP contribution in [0.5, 0.6) is 5.75 Å². The van der Waals surface area contributed by atoms with Crippen molar-refractivity contribution < 1.29 is 19.1 Å². The number of ether oxygens (including phenoxy) is 2. The van der Waals surface area contributed by atoms with Crippen molar-refractivity contribution in [2.24, 2.45) is 0 Å². The highest BCUT2D eigenvalue weighted by Crippen LogP contribution is 2.35. The average Bonchev–Trinajstić information content (AvgIpc) is 3.09. The Morgan fingerprint density at radius 3 is 2.72 bits per heavy atom. The number of hydrogen-bond donors (Lipinski definition) is 1. The Kier molecular flexibility index (Phi) is 5.31. The summed E-state index contributed by atoms with van der Waals surface area (Å²) in [5.74, 6) is 0.327. The molecule has 0 bridgehead atoms. The fourth-order valence-corrected chi connectivity index (χ4v) is 3.54. The second kappa shape index (κ2) is 7.43. The first-order valence-corrected chi connectivity index (χ1v) is 9.76. The summed E-state index contributed by atoms with van der Waals surface area (Å²) in [6, 6.07) is 6.61. The van der Waals surface area contributed by atoms with Crippen molar-refractivity contribution in [3.05, 3.63) is 35.4 Å². The minimum atomic E-state index is -0.624. The van der Waals surface area contributed by atoms with Crippen LogP contribution in [0.3, 0.4) is 0 Å². The van der Waals surface area contributed by atoms with Crippen molar-refractivity contribution in [2.75, 3.05) is 6.54 Å². The molecule has 2 aliphatic rings. The molecule has 7 nitrogen and oxygen atoms in total. The van der Waals surface area contributed by atoms with Gasteiger partial charge in [0.2, 0.25) is 5.91 Å². The van der Waals surface area contributed by atoms with Crippen LogP contribution in [0.4, 0.5) is 4.79 Å². The molecule has 1 fully saturated rings. The van der Waals surface area contributed by atoms with Crippen molar-refractivity contribution in [1.82, 2.24) is 10.2 Å². The van der Waals surface area contributed by atoms with Crippen molar-refractivity contribution in [3.63, 3.8) is 0 Å². The Morgan fingerprint density at radius 2 is 2.07 bits per heavy atom. The molecule has 1 atom stereocenters. The quantitative estimate of drug-likeness (QED) is 0.823. The maximum absolute atomic E-state index is 13.1. The van der Waals surface area contributed by atoms with Gasteiger partial charge in [-0.25, -0.2) is 4.79 Å². The van der Waals surface area contributed by atoms with E-state index in [4.69, 9.17) is 9.47 Å². The molecule has 1 N–H and O–H groups in total. The number of hydrogen-bond acceptors (Lipinski definition) is 5. The van der Waals surface area contributed by atoms with Crippen LogP contribution < -0.4 is 10.1 Å². The molecular weight excluding hydrogens is 370 g/mol. The number of carbonyl (C=O) groups excluding carboxylic acids is 2. The van der Waals surface area contributed by atoms with Gasteiger partial charge in [0.1, 0.15) is 23.0 Å². The zero-order valence-electron chi connectivity index (χ0n) is 17.5. The van der Waals surface area contributed by atoms with Crippen LogP contribution >= 0.6 is 0 Å². The van der Waals surface area contributed by atoms with Crippen LogP contribution in [-0.4, -0.2) is 40.7 Å². The average molecular weight is 397 g/mol. The number of benzene rings is 1. The van der Waals surface area contributed by atoms with Crippen molar-refractivity contribution in [1.29, 1.82) is 5.26 Å². The molecule has 3 rings (SSSR count). The van der Waals surface area contributed by atoms with Gasteiger partial charge in [-0.3, -0.25) is 9.69 Å². The topological polar surface area (TPSA) is 91.7 Å². The molecule has 2 heterocycles. The molecule has 7 heteroatoms. The predicted octanol–water partition coefficient (Wildman–Crippen LogP) is 3.59. The normalized spacial score (nSPS) is 20.1. The fourth-order valence-electron chi connectivity index (χ4n) is 3.54. The van der Waals surface area contributed by atoms with Gasteiger partial charge in [0.15, 0.2) is 0 Å². The first-order valence-electron chi connectivity index (χ1n) is 9.76. The first-order chi connectivity index (χ1) is 13.5. The lowest BCUT2D eigenvalue weighted by molar-refractivity contribution is -0.124. The van der Waals surface area contributed by atoms with Crippen LogP contribution in [0, 0.1) is 11.3 Å². The zero-order chi connectivity index (χ0) is 21.4. The summed E-state index contributed by atoms with van der Waals surface area (Å²) in [6.07, 6.45) is 2.65. The molecule has 1 aromatic carbocycles. The van der Waals surface area contributed by atoms with Gasteiger partial charge in [-0.2, -0.15) is 5.26 Å². The number of nitrogens with zero attached hydrogens (tertiary/aromatic N) is 2. The summed E-state index contributed by atoms with van der Waals surface area (Å²) < 4.78 is 11.4. The van der Waals surface area contributed by atoms with Gasteiger partial charge in [0.25, 0.3) is 0 Å². The minimum absolute atomic E-state index is 0.273. The van der Waals surface area contributed by atoms with E-state index in [1.807, 2.05) is 19.9 Å². The van der Waals surface area contributed by atoms with E-state index in [1.54, 1.807) is 39.0 Å². The standard InChI is InChI=1S/C22H27N3O4/c1-21(2,3)29-20(27)25-10-6-7-17(25)19(26)24-16-12-22(4,5)28-18-9-8-14(13-23)11-15(16)18/h8-9,11-12,17H,6-7,10H2,1-5H3,(H,24,26). The van der Waals surface area contributed by atoms with E-state index >= 15 is 0 Å². The summed E-state index contributed by atoms with van der Waals surface area (Å²) in [5, 5.41) is 12.2. The molecule has 2 aliphatic heterocycles. The monoisotopic (exact) mass is 397 g/mol. The van der Waals surface area contributed by atoms with E-state index in [-0.39, 0.29) is 5.91 Å². The van der Waals surface area contributed by atoms with E-state index in [1.165, 1.54) is 4.90 Å². The lowest BCUT2D eigenvalue weighted by Gasteiger charge is -2.32. The minimum Gasteiger partial charge on any atom is -0.483 e. The lowest BCUT2D eigenvalue weighted by atomic mass is 9.97. The number of fused-ring (bicyclic) bond motifs is 1. The summed E-state index contributed by atoms with van der Waals surface area (Å²) in [7, 11) is 0. The Hall–Kier alpha value is -3.01. The van der Waals surface area contributed by atoms with E-state index in [0.29, 0.717) is 35.5 Å². The number of nitriles is 1. The molecule has 29 heavy (non-hydrogen) atoms. The van der Waals surface area contributed by atoms with Crippen molar-refractivity contribution in [2.45, 2.75) is 64.7 Å². The Bertz CT molecular complexity index is 906. The molecule has 154 valence electrons. The van der Waals surface area contributed by atoms with Crippen LogP contribution in [0.1, 0.15) is 58.6 Å². The second-order valence-corrected chi connectivity index (χ2v) is 8.91. The highest BCUT2D eigenvalue weighted by Gasteiger charge is 2.38. The van der Waals surface area contributed by atoms with E-state index in [0.717, 1.165) is 6.42 Å². The molecule has 0 spiro atoms. The van der Waals surface area contributed by atoms with Gasteiger partial charge in [0, 0.05) is 12.1 Å². The molecular formula is C22H27N3O4. The second-order valence-electron chi connectivity index (χ2n) is 8.91. The van der Waals surface area contributed by atoms with E-state index < -0.39 is 23.3 Å². The summed E-state index contributed by atoms with van der Waals surface area (Å²) >= 11 is 0. The van der Waals surface area contributed by atoms with E-state index in [9.17, 15) is 14.9 Å². The van der Waals surface area contributed by atoms with Crippen LogP contribution in [0.15, 0.2) is 24.3 Å². The summed E-state index contributed by atoms with van der Waals surface area (Å²) in [4.78, 5) is 27.1. The first kappa shape index (κ1) is 20.7. The third kappa shape index (κ3) is 4.70. The largest absolute Gasteiger partial charge is 0.483 e. The number of carbonyl (C=O) groups is 2. The fraction of sp³-hybridized carbons (Fsp3) is 0.500. The van der Waals surface area contributed by atoms with Crippen molar-refractivity contribution >= 4 is 17.7 Å². The third-order valence-electron chi connectivity index (χ3n) is 4.71. The lowest BCUT2D eigenvalue weighted by Crippen LogP contribution is -2.47. The number of nitrogens with one attached hydrogen (secondary N) is 1.